The van der Waals surface area contributed by atoms with E-state index in [4.69, 9.17) is 5.73 Å². The second-order valence-corrected chi connectivity index (χ2v) is 7.65. The molecule has 0 radical (unpaired) electrons. The lowest BCUT2D eigenvalue weighted by Crippen LogP contribution is -2.24. The third-order valence-corrected chi connectivity index (χ3v) is 5.37. The van der Waals surface area contributed by atoms with Gasteiger partial charge in [-0.25, -0.2) is 0 Å². The van der Waals surface area contributed by atoms with Gasteiger partial charge in [0.15, 0.2) is 4.34 Å². The van der Waals surface area contributed by atoms with E-state index in [0.29, 0.717) is 17.5 Å². The lowest BCUT2D eigenvalue weighted by Gasteiger charge is -2.13. The molecular weight excluding hydrogens is 316 g/mol. The Labute approximate surface area is 138 Å². The average Bonchev–Trinajstić information content (AvgIpc) is 2.90. The Balaban J connectivity index is 1.99. The first-order valence-corrected chi connectivity index (χ1v) is 8.85. The summed E-state index contributed by atoms with van der Waals surface area (Å²) in [6.45, 7) is 6.26. The summed E-state index contributed by atoms with van der Waals surface area (Å²) in [6.07, 6.45) is 0.708. The van der Waals surface area contributed by atoms with Crippen molar-refractivity contribution in [2.45, 2.75) is 42.7 Å². The van der Waals surface area contributed by atoms with Crippen molar-refractivity contribution in [3.63, 3.8) is 0 Å². The number of nitrogens with zero attached hydrogens (tertiary/aromatic N) is 2. The lowest BCUT2D eigenvalue weighted by molar-refractivity contribution is -0.115. The van der Waals surface area contributed by atoms with Crippen LogP contribution in [-0.2, 0) is 4.79 Å². The molecular formula is C15H20N4OS2. The number of amides is 1. The highest BCUT2D eigenvalue weighted by Gasteiger charge is 2.20. The molecule has 0 saturated heterocycles. The summed E-state index contributed by atoms with van der Waals surface area (Å²) in [4.78, 5) is 12.4. The largest absolute Gasteiger partial charge is 0.374 e. The summed E-state index contributed by atoms with van der Waals surface area (Å²) in [7, 11) is 0. The van der Waals surface area contributed by atoms with Crippen molar-refractivity contribution in [2.75, 3.05) is 11.1 Å². The molecule has 1 atom stereocenters. The first-order chi connectivity index (χ1) is 10.5. The Bertz CT molecular complexity index is 625. The number of rotatable bonds is 6. The van der Waals surface area contributed by atoms with Crippen molar-refractivity contribution in [3.05, 3.63) is 29.8 Å². The minimum Gasteiger partial charge on any atom is -0.374 e. The first-order valence-electron chi connectivity index (χ1n) is 7.16. The van der Waals surface area contributed by atoms with Gasteiger partial charge in [-0.1, -0.05) is 56.0 Å². The van der Waals surface area contributed by atoms with E-state index < -0.39 is 0 Å². The van der Waals surface area contributed by atoms with E-state index in [-0.39, 0.29) is 11.2 Å². The van der Waals surface area contributed by atoms with Gasteiger partial charge in [-0.2, -0.15) is 0 Å². The molecule has 3 N–H and O–H groups in total. The van der Waals surface area contributed by atoms with E-state index in [9.17, 15) is 4.79 Å². The fourth-order valence-corrected chi connectivity index (χ4v) is 3.69. The molecule has 22 heavy (non-hydrogen) atoms. The van der Waals surface area contributed by atoms with Gasteiger partial charge in [0.05, 0.1) is 5.25 Å². The molecule has 1 aromatic carbocycles. The number of anilines is 2. The summed E-state index contributed by atoms with van der Waals surface area (Å²) in [5, 5.41) is 10.9. The fourth-order valence-electron chi connectivity index (χ4n) is 1.89. The molecule has 7 heteroatoms. The van der Waals surface area contributed by atoms with Crippen molar-refractivity contribution < 1.29 is 4.79 Å². The van der Waals surface area contributed by atoms with Gasteiger partial charge in [-0.05, 0) is 30.0 Å². The van der Waals surface area contributed by atoms with Crippen molar-refractivity contribution in [1.29, 1.82) is 0 Å². The van der Waals surface area contributed by atoms with Gasteiger partial charge < -0.3 is 11.1 Å². The summed E-state index contributed by atoms with van der Waals surface area (Å²) in [6, 6.07) is 7.96. The number of thioether (sulfide) groups is 1. The van der Waals surface area contributed by atoms with Crippen LogP contribution < -0.4 is 11.1 Å². The summed E-state index contributed by atoms with van der Waals surface area (Å²) in [5.74, 6) is 0.449. The van der Waals surface area contributed by atoms with Crippen LogP contribution in [0.5, 0.6) is 0 Å². The Morgan fingerprint density at radius 1 is 1.32 bits per heavy atom. The van der Waals surface area contributed by atoms with Crippen molar-refractivity contribution in [3.8, 4) is 0 Å². The highest BCUT2D eigenvalue weighted by atomic mass is 32.2. The molecule has 2 rings (SSSR count). The van der Waals surface area contributed by atoms with Crippen LogP contribution in [0.2, 0.25) is 0 Å². The molecule has 0 saturated carbocycles. The number of carbonyl (C=O) groups is 1. The average molecular weight is 336 g/mol. The maximum absolute atomic E-state index is 12.4. The van der Waals surface area contributed by atoms with E-state index in [1.165, 1.54) is 28.7 Å². The maximum Gasteiger partial charge on any atom is 0.237 e. The number of nitrogens with two attached hydrogens (primary N) is 1. The van der Waals surface area contributed by atoms with Crippen LogP contribution >= 0.6 is 23.1 Å². The fraction of sp³-hybridized carbons (Fsp3) is 0.400. The zero-order chi connectivity index (χ0) is 16.1. The van der Waals surface area contributed by atoms with Crippen molar-refractivity contribution in [2.24, 2.45) is 0 Å². The number of carbonyl (C=O) groups excluding carboxylic acids is 1. The van der Waals surface area contributed by atoms with E-state index in [1.807, 2.05) is 31.2 Å². The molecule has 118 valence electrons. The van der Waals surface area contributed by atoms with Gasteiger partial charge in [0.1, 0.15) is 0 Å². The Kier molecular flexibility index (Phi) is 5.79. The molecule has 1 amide bonds. The van der Waals surface area contributed by atoms with Crippen LogP contribution in [0.4, 0.5) is 10.8 Å². The van der Waals surface area contributed by atoms with E-state index in [2.05, 4.69) is 29.4 Å². The van der Waals surface area contributed by atoms with Gasteiger partial charge in [0.2, 0.25) is 11.0 Å². The Hall–Kier alpha value is -1.60. The van der Waals surface area contributed by atoms with Crippen LogP contribution in [0, 0.1) is 0 Å². The monoisotopic (exact) mass is 336 g/mol. The smallest absolute Gasteiger partial charge is 0.237 e. The zero-order valence-corrected chi connectivity index (χ0v) is 14.5. The van der Waals surface area contributed by atoms with Crippen LogP contribution in [-0.4, -0.2) is 21.4 Å². The molecule has 1 aromatic heterocycles. The predicted molar refractivity (Wildman–Crippen MR) is 93.4 cm³/mol. The lowest BCUT2D eigenvalue weighted by atomic mass is 10.0. The molecule has 0 aliphatic heterocycles. The van der Waals surface area contributed by atoms with Crippen LogP contribution in [0.3, 0.4) is 0 Å². The quantitative estimate of drug-likeness (QED) is 0.785. The number of hydrogen-bond acceptors (Lipinski definition) is 6. The number of nitrogen functional groups attached to an aromatic ring is 1. The normalized spacial score (nSPS) is 12.4. The summed E-state index contributed by atoms with van der Waals surface area (Å²) >= 11 is 2.70. The number of aromatic nitrogens is 2. The molecule has 1 unspecified atom stereocenters. The van der Waals surface area contributed by atoms with Crippen LogP contribution in [0.1, 0.15) is 38.7 Å². The van der Waals surface area contributed by atoms with Gasteiger partial charge in [0.25, 0.3) is 0 Å². The van der Waals surface area contributed by atoms with Crippen molar-refractivity contribution >= 4 is 39.8 Å². The van der Waals surface area contributed by atoms with E-state index >= 15 is 0 Å². The standard InChI is InChI=1S/C15H20N4OS2/c1-4-12(21-15-19-18-14(16)22-15)13(20)17-11-7-5-10(6-8-11)9(2)3/h5-9,12H,4H2,1-3H3,(H2,16,18)(H,17,20). The first kappa shape index (κ1) is 16.8. The molecule has 5 nitrogen and oxygen atoms in total. The summed E-state index contributed by atoms with van der Waals surface area (Å²) in [5.41, 5.74) is 7.63. The topological polar surface area (TPSA) is 80.9 Å². The zero-order valence-electron chi connectivity index (χ0n) is 12.9. The minimum atomic E-state index is -0.211. The Morgan fingerprint density at radius 3 is 2.50 bits per heavy atom. The van der Waals surface area contributed by atoms with E-state index in [0.717, 1.165) is 10.0 Å². The Morgan fingerprint density at radius 2 is 2.00 bits per heavy atom. The third-order valence-electron chi connectivity index (χ3n) is 3.17. The molecule has 0 bridgehead atoms. The SMILES string of the molecule is CCC(Sc1nnc(N)s1)C(=O)Nc1ccc(C(C)C)cc1. The number of benzene rings is 1. The summed E-state index contributed by atoms with van der Waals surface area (Å²) < 4.78 is 0.717. The molecule has 2 aromatic rings. The number of nitrogens with one attached hydrogen (secondary N) is 1. The second-order valence-electron chi connectivity index (χ2n) is 5.19. The van der Waals surface area contributed by atoms with Gasteiger partial charge in [0, 0.05) is 5.69 Å². The van der Waals surface area contributed by atoms with Gasteiger partial charge in [-0.15, -0.1) is 10.2 Å². The van der Waals surface area contributed by atoms with Crippen LogP contribution in [0.25, 0.3) is 0 Å². The molecule has 0 spiro atoms. The molecule has 0 aliphatic rings. The third kappa shape index (κ3) is 4.45. The van der Waals surface area contributed by atoms with Gasteiger partial charge >= 0.3 is 0 Å². The molecule has 0 fully saturated rings. The molecule has 1 heterocycles. The minimum absolute atomic E-state index is 0.0291. The van der Waals surface area contributed by atoms with E-state index in [1.54, 1.807) is 0 Å². The molecule has 0 aliphatic carbocycles. The maximum atomic E-state index is 12.4. The van der Waals surface area contributed by atoms with Crippen LogP contribution in [0.15, 0.2) is 28.6 Å². The van der Waals surface area contributed by atoms with Crippen molar-refractivity contribution in [1.82, 2.24) is 10.2 Å². The predicted octanol–water partition coefficient (Wildman–Crippen LogP) is 3.75. The number of hydrogen-bond donors (Lipinski definition) is 2. The second kappa shape index (κ2) is 7.60. The highest BCUT2D eigenvalue weighted by Crippen LogP contribution is 2.30. The highest BCUT2D eigenvalue weighted by molar-refractivity contribution is 8.02. The van der Waals surface area contributed by atoms with Gasteiger partial charge in [-0.3, -0.25) is 4.79 Å².